The Labute approximate surface area is 232 Å². The number of anilines is 2. The van der Waals surface area contributed by atoms with Gasteiger partial charge in [-0.15, -0.1) is 0 Å². The van der Waals surface area contributed by atoms with Crippen molar-refractivity contribution in [3.63, 3.8) is 0 Å². The number of methoxy groups -OCH3 is 1. The average Bonchev–Trinajstić information content (AvgIpc) is 3.24. The highest BCUT2D eigenvalue weighted by atomic mass is 32.2. The van der Waals surface area contributed by atoms with E-state index in [2.05, 4.69) is 33.8 Å². The minimum Gasteiger partial charge on any atom is -0.495 e. The summed E-state index contributed by atoms with van der Waals surface area (Å²) in [6, 6.07) is 11.4. The van der Waals surface area contributed by atoms with E-state index < -0.39 is 22.7 Å². The zero-order valence-electron chi connectivity index (χ0n) is 22.4. The maximum atomic E-state index is 13.5. The molecular weight excluding hydrogens is 543 g/mol. The van der Waals surface area contributed by atoms with Crippen molar-refractivity contribution in [2.24, 2.45) is 5.14 Å². The summed E-state index contributed by atoms with van der Waals surface area (Å²) in [4.78, 5) is 2.27. The highest BCUT2D eigenvalue weighted by Crippen LogP contribution is 2.31. The second kappa shape index (κ2) is 12.4. The van der Waals surface area contributed by atoms with E-state index in [0.717, 1.165) is 38.2 Å². The SMILES string of the molecule is C[CH]CN1CCC(Nc2cccc3c2cc(C#CCNc2ccc(S(N)(=O)=O)cc2OC)n3CC(F)(F)F)CC1. The number of aromatic nitrogens is 1. The molecule has 1 fully saturated rings. The fourth-order valence-corrected chi connectivity index (χ4v) is 5.40. The molecule has 3 aromatic rings. The van der Waals surface area contributed by atoms with E-state index in [1.807, 2.05) is 13.0 Å². The van der Waals surface area contributed by atoms with Crippen LogP contribution in [0, 0.1) is 18.3 Å². The van der Waals surface area contributed by atoms with Crippen LogP contribution in [0.3, 0.4) is 0 Å². The number of hydrogen-bond acceptors (Lipinski definition) is 6. The molecule has 1 aromatic heterocycles. The van der Waals surface area contributed by atoms with Crippen LogP contribution in [-0.4, -0.2) is 63.4 Å². The maximum absolute atomic E-state index is 13.5. The molecule has 0 amide bonds. The summed E-state index contributed by atoms with van der Waals surface area (Å²) < 4.78 is 70.2. The van der Waals surface area contributed by atoms with Gasteiger partial charge in [0.1, 0.15) is 12.3 Å². The number of ether oxygens (including phenoxy) is 1. The molecule has 40 heavy (non-hydrogen) atoms. The van der Waals surface area contributed by atoms with Crippen molar-refractivity contribution < 1.29 is 26.3 Å². The van der Waals surface area contributed by atoms with E-state index in [9.17, 15) is 21.6 Å². The molecule has 0 atom stereocenters. The van der Waals surface area contributed by atoms with E-state index in [4.69, 9.17) is 9.88 Å². The first-order valence-electron chi connectivity index (χ1n) is 12.9. The molecule has 2 aromatic carbocycles. The number of fused-ring (bicyclic) bond motifs is 1. The van der Waals surface area contributed by atoms with E-state index in [1.54, 1.807) is 18.2 Å². The molecule has 1 aliphatic rings. The predicted octanol–water partition coefficient (Wildman–Crippen LogP) is 4.42. The second-order valence-electron chi connectivity index (χ2n) is 9.66. The fraction of sp³-hybridized carbons (Fsp3) is 0.393. The van der Waals surface area contributed by atoms with Gasteiger partial charge in [-0.3, -0.25) is 0 Å². The third kappa shape index (κ3) is 7.41. The molecule has 2 heterocycles. The molecule has 0 spiro atoms. The first-order chi connectivity index (χ1) is 19.0. The van der Waals surface area contributed by atoms with Crippen LogP contribution in [0.15, 0.2) is 47.4 Å². The fourth-order valence-electron chi connectivity index (χ4n) is 4.87. The van der Waals surface area contributed by atoms with Crippen molar-refractivity contribution >= 4 is 32.3 Å². The highest BCUT2D eigenvalue weighted by molar-refractivity contribution is 7.89. The molecule has 1 aliphatic heterocycles. The standard InChI is InChI=1S/C28H33F3N5O3S/c1-3-14-35-15-11-20(12-16-35)34-24-7-4-8-26-23(24)17-21(36(26)19-28(29,30)31)6-5-13-33-25-10-9-22(40(32,37)38)18-27(25)39-2/h3-4,7-10,17-18,20,33-34H,11-16,19H2,1-2H3,(H2,32,37,38). The Morgan fingerprint density at radius 1 is 1.15 bits per heavy atom. The molecule has 0 aliphatic carbocycles. The Hall–Kier alpha value is -3.40. The van der Waals surface area contributed by atoms with Gasteiger partial charge in [-0.05, 0) is 55.5 Å². The van der Waals surface area contributed by atoms with Crippen molar-refractivity contribution in [3.8, 4) is 17.6 Å². The summed E-state index contributed by atoms with van der Waals surface area (Å²) in [6.45, 7) is 3.84. The van der Waals surface area contributed by atoms with Crippen molar-refractivity contribution in [3.05, 3.63) is 54.6 Å². The van der Waals surface area contributed by atoms with Crippen LogP contribution in [-0.2, 0) is 16.6 Å². The van der Waals surface area contributed by atoms with Crippen LogP contribution in [0.4, 0.5) is 24.5 Å². The van der Waals surface area contributed by atoms with Gasteiger partial charge in [0, 0.05) is 42.8 Å². The number of alkyl halides is 3. The first kappa shape index (κ1) is 29.6. The largest absolute Gasteiger partial charge is 0.495 e. The summed E-state index contributed by atoms with van der Waals surface area (Å²) in [5.41, 5.74) is 1.96. The Morgan fingerprint density at radius 2 is 1.90 bits per heavy atom. The Kier molecular flexibility index (Phi) is 9.18. The van der Waals surface area contributed by atoms with E-state index in [0.29, 0.717) is 16.6 Å². The zero-order chi connectivity index (χ0) is 28.9. The number of rotatable bonds is 9. The number of nitrogens with one attached hydrogen (secondary N) is 2. The van der Waals surface area contributed by atoms with Crippen molar-refractivity contribution in [1.82, 2.24) is 9.47 Å². The minimum atomic E-state index is -4.42. The number of primary sulfonamides is 1. The second-order valence-corrected chi connectivity index (χ2v) is 11.2. The van der Waals surface area contributed by atoms with Gasteiger partial charge >= 0.3 is 6.18 Å². The van der Waals surface area contributed by atoms with Crippen LogP contribution in [0.1, 0.15) is 25.5 Å². The topological polar surface area (TPSA) is 102 Å². The molecule has 215 valence electrons. The molecule has 1 radical (unpaired) electrons. The molecule has 0 unspecified atom stereocenters. The Morgan fingerprint density at radius 3 is 2.55 bits per heavy atom. The van der Waals surface area contributed by atoms with E-state index in [1.165, 1.54) is 29.9 Å². The monoisotopic (exact) mass is 576 g/mol. The summed E-state index contributed by atoms with van der Waals surface area (Å²) in [5, 5.41) is 12.4. The van der Waals surface area contributed by atoms with Gasteiger partial charge in [0.15, 0.2) is 0 Å². The van der Waals surface area contributed by atoms with Gasteiger partial charge in [0.05, 0.1) is 35.4 Å². The molecular formula is C28H33F3N5O3S. The highest BCUT2D eigenvalue weighted by Gasteiger charge is 2.30. The first-order valence-corrected chi connectivity index (χ1v) is 14.4. The van der Waals surface area contributed by atoms with Gasteiger partial charge in [0.25, 0.3) is 0 Å². The van der Waals surface area contributed by atoms with Crippen LogP contribution in [0.5, 0.6) is 5.75 Å². The number of likely N-dealkylation sites (tertiary alicyclic amines) is 1. The van der Waals surface area contributed by atoms with Gasteiger partial charge in [-0.1, -0.05) is 18.9 Å². The summed E-state index contributed by atoms with van der Waals surface area (Å²) in [7, 11) is -2.52. The lowest BCUT2D eigenvalue weighted by atomic mass is 10.0. The quantitative estimate of drug-likeness (QED) is 0.326. The third-order valence-corrected chi connectivity index (χ3v) is 7.67. The molecule has 12 heteroatoms. The minimum absolute atomic E-state index is 0.0808. The zero-order valence-corrected chi connectivity index (χ0v) is 23.2. The number of sulfonamides is 1. The van der Waals surface area contributed by atoms with Gasteiger partial charge < -0.3 is 24.8 Å². The van der Waals surface area contributed by atoms with Gasteiger partial charge in [-0.25, -0.2) is 13.6 Å². The van der Waals surface area contributed by atoms with Crippen LogP contribution in [0.25, 0.3) is 10.9 Å². The normalized spacial score (nSPS) is 15.1. The summed E-state index contributed by atoms with van der Waals surface area (Å²) in [6.07, 6.45) is -0.386. The van der Waals surface area contributed by atoms with E-state index >= 15 is 0 Å². The maximum Gasteiger partial charge on any atom is 0.406 e. The van der Waals surface area contributed by atoms with Crippen LogP contribution < -0.4 is 20.5 Å². The lowest BCUT2D eigenvalue weighted by molar-refractivity contribution is -0.140. The van der Waals surface area contributed by atoms with Crippen molar-refractivity contribution in [2.75, 3.05) is 43.9 Å². The smallest absolute Gasteiger partial charge is 0.406 e. The van der Waals surface area contributed by atoms with Crippen molar-refractivity contribution in [2.45, 2.75) is 43.4 Å². The lowest BCUT2D eigenvalue weighted by Crippen LogP contribution is -2.39. The molecule has 8 nitrogen and oxygen atoms in total. The Bertz CT molecular complexity index is 1500. The third-order valence-electron chi connectivity index (χ3n) is 6.76. The molecule has 0 saturated carbocycles. The molecule has 0 bridgehead atoms. The average molecular weight is 577 g/mol. The number of halogens is 3. The predicted molar refractivity (Wildman–Crippen MR) is 151 cm³/mol. The summed E-state index contributed by atoms with van der Waals surface area (Å²) >= 11 is 0. The number of piperidine rings is 1. The van der Waals surface area contributed by atoms with E-state index in [-0.39, 0.29) is 28.9 Å². The van der Waals surface area contributed by atoms with Crippen LogP contribution in [0.2, 0.25) is 0 Å². The molecule has 1 saturated heterocycles. The number of benzene rings is 2. The number of nitrogens with zero attached hydrogens (tertiary/aromatic N) is 2. The van der Waals surface area contributed by atoms with Crippen molar-refractivity contribution in [1.29, 1.82) is 0 Å². The summed E-state index contributed by atoms with van der Waals surface area (Å²) in [5.74, 6) is 5.99. The number of nitrogens with two attached hydrogens (primary N) is 1. The Balaban J connectivity index is 1.56. The molecule has 4 rings (SSSR count). The van der Waals surface area contributed by atoms with Gasteiger partial charge in [0.2, 0.25) is 10.0 Å². The lowest BCUT2D eigenvalue weighted by Gasteiger charge is -2.32. The molecule has 4 N–H and O–H groups in total. The van der Waals surface area contributed by atoms with Gasteiger partial charge in [-0.2, -0.15) is 13.2 Å². The number of hydrogen-bond donors (Lipinski definition) is 3. The van der Waals surface area contributed by atoms with Crippen LogP contribution >= 0.6 is 0 Å².